The Balaban J connectivity index is 1.82. The fraction of sp³-hybridized carbons (Fsp3) is 0.750. The molecule has 0 saturated heterocycles. The van der Waals surface area contributed by atoms with Gasteiger partial charge >= 0.3 is 7.60 Å². The molecule has 1 fully saturated rings. The topological polar surface area (TPSA) is 44.8 Å². The van der Waals surface area contributed by atoms with Crippen molar-refractivity contribution in [1.82, 2.24) is 0 Å². The molecule has 0 aromatic heterocycles. The lowest BCUT2D eigenvalue weighted by Gasteiger charge is -2.29. The van der Waals surface area contributed by atoms with Crippen molar-refractivity contribution in [2.75, 3.05) is 33.6 Å². The van der Waals surface area contributed by atoms with E-state index in [2.05, 4.69) is 31.2 Å². The van der Waals surface area contributed by atoms with Crippen LogP contribution < -0.4 is 0 Å². The molecule has 5 heteroatoms. The van der Waals surface area contributed by atoms with E-state index < -0.39 is 7.60 Å². The molecular formula is C24H41O4P. The fourth-order valence-electron chi connectivity index (χ4n) is 4.46. The predicted molar refractivity (Wildman–Crippen MR) is 121 cm³/mol. The van der Waals surface area contributed by atoms with Crippen molar-refractivity contribution in [1.29, 1.82) is 0 Å². The van der Waals surface area contributed by atoms with Crippen molar-refractivity contribution in [3.8, 4) is 0 Å². The molecule has 0 N–H and O–H groups in total. The van der Waals surface area contributed by atoms with E-state index in [1.165, 1.54) is 36.8 Å². The summed E-state index contributed by atoms with van der Waals surface area (Å²) in [6.07, 6.45) is 10.6. The third kappa shape index (κ3) is 8.17. The van der Waals surface area contributed by atoms with Crippen LogP contribution in [0.2, 0.25) is 0 Å². The van der Waals surface area contributed by atoms with Gasteiger partial charge in [0.25, 0.3) is 0 Å². The number of hydrogen-bond donors (Lipinski definition) is 0. The zero-order chi connectivity index (χ0) is 21.2. The fourth-order valence-corrected chi connectivity index (χ4v) is 5.51. The van der Waals surface area contributed by atoms with Gasteiger partial charge in [0.05, 0.1) is 13.2 Å². The van der Waals surface area contributed by atoms with Crippen molar-refractivity contribution in [3.05, 3.63) is 35.4 Å². The lowest BCUT2D eigenvalue weighted by Crippen LogP contribution is -2.22. The van der Waals surface area contributed by atoms with Crippen LogP contribution in [0, 0.1) is 5.41 Å². The van der Waals surface area contributed by atoms with Gasteiger partial charge in [0, 0.05) is 20.4 Å². The number of methoxy groups -OCH3 is 1. The number of rotatable bonds is 14. The van der Waals surface area contributed by atoms with E-state index >= 15 is 0 Å². The summed E-state index contributed by atoms with van der Waals surface area (Å²) < 4.78 is 28.5. The highest BCUT2D eigenvalue weighted by Crippen LogP contribution is 2.52. The molecule has 0 spiro atoms. The van der Waals surface area contributed by atoms with Gasteiger partial charge in [-0.2, -0.15) is 0 Å². The van der Waals surface area contributed by atoms with Crippen molar-refractivity contribution in [2.24, 2.45) is 5.41 Å². The Labute approximate surface area is 178 Å². The number of aryl methyl sites for hydroxylation is 1. The molecular weight excluding hydrogens is 383 g/mol. The van der Waals surface area contributed by atoms with Gasteiger partial charge in [-0.25, -0.2) is 0 Å². The van der Waals surface area contributed by atoms with E-state index in [0.29, 0.717) is 19.1 Å². The Morgan fingerprint density at radius 1 is 1.07 bits per heavy atom. The minimum atomic E-state index is -2.93. The molecule has 0 bridgehead atoms. The van der Waals surface area contributed by atoms with Crippen LogP contribution in [0.3, 0.4) is 0 Å². The quantitative estimate of drug-likeness (QED) is 0.239. The molecule has 4 nitrogen and oxygen atoms in total. The third-order valence-corrected chi connectivity index (χ3v) is 7.76. The first-order valence-electron chi connectivity index (χ1n) is 11.4. The van der Waals surface area contributed by atoms with Crippen molar-refractivity contribution in [2.45, 2.75) is 77.6 Å². The first-order valence-corrected chi connectivity index (χ1v) is 13.4. The van der Waals surface area contributed by atoms with Crippen molar-refractivity contribution in [3.63, 3.8) is 0 Å². The SMILES string of the molecule is CCOP(C)(=O)OC[C@@]1(CC)CCC(c2ccc(CCCCCCOC)cc2)C1. The van der Waals surface area contributed by atoms with E-state index in [1.807, 2.05) is 6.92 Å². The summed E-state index contributed by atoms with van der Waals surface area (Å²) in [6, 6.07) is 9.26. The number of unbranched alkanes of at least 4 members (excludes halogenated alkanes) is 3. The maximum absolute atomic E-state index is 12.3. The molecule has 1 aliphatic rings. The smallest absolute Gasteiger partial charge is 0.327 e. The van der Waals surface area contributed by atoms with Gasteiger partial charge in [-0.15, -0.1) is 0 Å². The minimum Gasteiger partial charge on any atom is -0.385 e. The second-order valence-corrected chi connectivity index (χ2v) is 10.7. The zero-order valence-electron chi connectivity index (χ0n) is 19.0. The normalized spacial score (nSPS) is 23.9. The molecule has 29 heavy (non-hydrogen) atoms. The highest BCUT2D eigenvalue weighted by molar-refractivity contribution is 7.52. The number of benzene rings is 1. The monoisotopic (exact) mass is 424 g/mol. The summed E-state index contributed by atoms with van der Waals surface area (Å²) in [7, 11) is -1.16. The van der Waals surface area contributed by atoms with Crippen molar-refractivity contribution >= 4 is 7.60 Å². The molecule has 166 valence electrons. The lowest BCUT2D eigenvalue weighted by molar-refractivity contribution is 0.119. The van der Waals surface area contributed by atoms with Crippen LogP contribution in [-0.2, 0) is 24.8 Å². The minimum absolute atomic E-state index is 0.119. The highest BCUT2D eigenvalue weighted by Gasteiger charge is 2.39. The van der Waals surface area contributed by atoms with E-state index in [4.69, 9.17) is 13.8 Å². The lowest BCUT2D eigenvalue weighted by atomic mass is 9.82. The van der Waals surface area contributed by atoms with Gasteiger partial charge in [-0.3, -0.25) is 4.57 Å². The molecule has 1 aliphatic carbocycles. The Morgan fingerprint density at radius 2 is 1.79 bits per heavy atom. The molecule has 2 rings (SSSR count). The number of hydrogen-bond acceptors (Lipinski definition) is 4. The summed E-state index contributed by atoms with van der Waals surface area (Å²) in [4.78, 5) is 0. The first kappa shape index (κ1) is 24.6. The van der Waals surface area contributed by atoms with Gasteiger partial charge in [-0.1, -0.05) is 44.0 Å². The van der Waals surface area contributed by atoms with Gasteiger partial charge < -0.3 is 13.8 Å². The first-order chi connectivity index (χ1) is 13.9. The predicted octanol–water partition coefficient (Wildman–Crippen LogP) is 6.98. The van der Waals surface area contributed by atoms with E-state index in [0.717, 1.165) is 38.7 Å². The zero-order valence-corrected chi connectivity index (χ0v) is 19.8. The molecule has 1 aromatic rings. The van der Waals surface area contributed by atoms with Crippen LogP contribution >= 0.6 is 7.60 Å². The molecule has 0 radical (unpaired) electrons. The Bertz CT molecular complexity index is 630. The molecule has 0 amide bonds. The summed E-state index contributed by atoms with van der Waals surface area (Å²) >= 11 is 0. The van der Waals surface area contributed by atoms with Gasteiger partial charge in [0.15, 0.2) is 0 Å². The second-order valence-electron chi connectivity index (χ2n) is 8.65. The Kier molecular flexibility index (Phi) is 10.4. The van der Waals surface area contributed by atoms with E-state index in [1.54, 1.807) is 13.8 Å². The van der Waals surface area contributed by atoms with Gasteiger partial charge in [-0.05, 0) is 74.3 Å². The van der Waals surface area contributed by atoms with Crippen LogP contribution in [-0.4, -0.2) is 33.6 Å². The van der Waals surface area contributed by atoms with Crippen LogP contribution in [0.1, 0.15) is 82.3 Å². The average Bonchev–Trinajstić information content (AvgIpc) is 3.15. The second kappa shape index (κ2) is 12.2. The molecule has 0 aliphatic heterocycles. The van der Waals surface area contributed by atoms with Gasteiger partial charge in [0.1, 0.15) is 0 Å². The van der Waals surface area contributed by atoms with Crippen LogP contribution in [0.5, 0.6) is 0 Å². The molecule has 2 unspecified atom stereocenters. The molecule has 1 saturated carbocycles. The highest BCUT2D eigenvalue weighted by atomic mass is 31.2. The van der Waals surface area contributed by atoms with E-state index in [9.17, 15) is 4.57 Å². The van der Waals surface area contributed by atoms with Crippen molar-refractivity contribution < 1.29 is 18.3 Å². The maximum atomic E-state index is 12.3. The van der Waals surface area contributed by atoms with Crippen LogP contribution in [0.15, 0.2) is 24.3 Å². The largest absolute Gasteiger partial charge is 0.385 e. The maximum Gasteiger partial charge on any atom is 0.327 e. The molecule has 0 heterocycles. The average molecular weight is 425 g/mol. The third-order valence-electron chi connectivity index (χ3n) is 6.44. The Morgan fingerprint density at radius 3 is 2.45 bits per heavy atom. The van der Waals surface area contributed by atoms with Crippen LogP contribution in [0.25, 0.3) is 0 Å². The summed E-state index contributed by atoms with van der Waals surface area (Å²) in [5.41, 5.74) is 3.00. The summed E-state index contributed by atoms with van der Waals surface area (Å²) in [6.45, 7) is 7.50. The summed E-state index contributed by atoms with van der Waals surface area (Å²) in [5.74, 6) is 0.574. The van der Waals surface area contributed by atoms with Gasteiger partial charge in [0.2, 0.25) is 0 Å². The molecule has 1 aromatic carbocycles. The molecule has 3 atom stereocenters. The van der Waals surface area contributed by atoms with Crippen LogP contribution in [0.4, 0.5) is 0 Å². The standard InChI is InChI=1S/C24H41O4P/c1-5-24(20-28-29(4,25)27-6-2)17-16-23(19-24)22-14-12-21(13-15-22)11-9-7-8-10-18-26-3/h12-15,23H,5-11,16-20H2,1-4H3/t23?,24-,29?/m0/s1. The van der Waals surface area contributed by atoms with E-state index in [-0.39, 0.29) is 5.41 Å². The number of ether oxygens (including phenoxy) is 1. The summed E-state index contributed by atoms with van der Waals surface area (Å²) in [5, 5.41) is 0. The Hall–Kier alpha value is -0.670.